The number of nitrogens with two attached hydrogens (primary N) is 3. The molecule has 0 saturated carbocycles. The summed E-state index contributed by atoms with van der Waals surface area (Å²) in [6.45, 7) is 12.8. The summed E-state index contributed by atoms with van der Waals surface area (Å²) in [6, 6.07) is -0.946. The van der Waals surface area contributed by atoms with Crippen LogP contribution in [0.4, 0.5) is 0 Å². The number of carbonyl (C=O) groups excluding carboxylic acids is 13. The number of amides is 7. The summed E-state index contributed by atoms with van der Waals surface area (Å²) in [4.78, 5) is 221. The molecule has 3 heterocycles. The first-order chi connectivity index (χ1) is 59.7. The minimum atomic E-state index is -1.97. The Morgan fingerprint density at radius 3 is 1.65 bits per heavy atom. The van der Waals surface area contributed by atoms with Crippen LogP contribution in [-0.2, 0) is 104 Å². The standard InChI is InChI=1S/C84H131N11O30S2/c1-10-43(7)51(82(121)91-58(40-127-126-24-23-123-84-77(116)76(115)75(114)68(39-97)125-84)62(102)31-49(25-41(3)4)80(119)88-54(26-42(5)6)60(100)28-47(78(87)117)17-20-70(107)108)33-63(103)56(35-72(111)112)90-83(122)52(45(9)98)34-64(104)73(44(8)11-2)92-79(118)48(21-22-95-37-57(93-94-95)66-36-65(105)74(113)67(38-96)124-66)29-61(101)55(27-46-15-13-12-14-16-46)89-81(120)50(32-71(109)110)30-59(99)53(85)18-19-69(86)106/h12-16,37,41-45,47-56,58,65-68,73-77,84,96-98,105,113-116H,10-11,17-36,38-40,85H2,1-9H3,(H2,86,106)(H2,87,117)(H,88,119)(H,89,120)(H,90,122)(H,91,121)(H,92,118)(H,107,108)(H,109,110)(H,111,112)/t43?,44?,45?,47-,48-,49-,50+,51+,52+,53+,54+,55+,56+,58+,65-,66-,67?,68?,73+,74-,75+,76+,77?,84-/m1/s1. The van der Waals surface area contributed by atoms with E-state index in [-0.39, 0.29) is 106 Å². The second-order valence-corrected chi connectivity index (χ2v) is 36.5. The number of aliphatic carboxylic acids is 3. The molecule has 714 valence electrons. The molecular formula is C84H131N11O30S2. The van der Waals surface area contributed by atoms with Gasteiger partial charge in [-0.2, -0.15) is 0 Å². The summed E-state index contributed by atoms with van der Waals surface area (Å²) in [5, 5.41) is 134. The normalized spacial score (nSPS) is 21.8. The number of nitrogens with one attached hydrogen (secondary N) is 5. The van der Waals surface area contributed by atoms with Gasteiger partial charge in [-0.1, -0.05) is 125 Å². The molecular weight excluding hydrogens is 1710 g/mol. The van der Waals surface area contributed by atoms with Crippen molar-refractivity contribution < 1.29 is 147 Å². The van der Waals surface area contributed by atoms with Gasteiger partial charge in [0.25, 0.3) is 0 Å². The smallest absolute Gasteiger partial charge is 0.305 e. The number of hydrogen-bond donors (Lipinski definition) is 19. The third kappa shape index (κ3) is 37.4. The molecule has 22 N–H and O–H groups in total. The lowest BCUT2D eigenvalue weighted by molar-refractivity contribution is -0.299. The molecule has 0 spiro atoms. The summed E-state index contributed by atoms with van der Waals surface area (Å²) >= 11 is 0. The molecule has 4 rings (SSSR count). The van der Waals surface area contributed by atoms with Crippen molar-refractivity contribution in [1.82, 2.24) is 41.6 Å². The van der Waals surface area contributed by atoms with E-state index in [2.05, 4.69) is 36.9 Å². The fourth-order valence-electron chi connectivity index (χ4n) is 14.7. The SMILES string of the molecule is CCC(C)[C@H](CC(=O)[C@H](CC(=O)O)NC(=O)[C@@H](CC(=O)[C@@H](NC(=O)[C@H](CCn1cc([C@H]2C[C@@H](O)[C@@H](O)C(CO)O2)nn1)CC(=O)[C@H](Cc1ccccc1)NC(=O)[C@H](CC(=O)O)CC(=O)[C@@H](N)CCC(N)=O)C(C)CC)C(C)O)C(=O)N[C@@H](CSSCCO[C@@H]1OC(CO)[C@H](O)[C@H](O)C1O)C(=O)C[C@@H](CC(C)C)C(=O)N[C@@H](CC(C)C)C(=O)C[C@@H](CCC(=O)O)C(N)=O. The van der Waals surface area contributed by atoms with Gasteiger partial charge in [-0.05, 0) is 74.7 Å². The highest BCUT2D eigenvalue weighted by atomic mass is 33.1. The average molecular weight is 1840 g/mol. The first kappa shape index (κ1) is 111. The van der Waals surface area contributed by atoms with E-state index < -0.39 is 310 Å². The summed E-state index contributed by atoms with van der Waals surface area (Å²) in [5.74, 6) is -26.7. The van der Waals surface area contributed by atoms with Crippen LogP contribution < -0.4 is 43.8 Å². The lowest BCUT2D eigenvalue weighted by atomic mass is 9.84. The van der Waals surface area contributed by atoms with E-state index >= 15 is 14.4 Å². The van der Waals surface area contributed by atoms with Crippen LogP contribution in [0.5, 0.6) is 0 Å². The number of nitrogens with zero attached hydrogens (tertiary/aromatic N) is 3. The van der Waals surface area contributed by atoms with E-state index in [1.54, 1.807) is 85.7 Å². The van der Waals surface area contributed by atoms with Crippen molar-refractivity contribution in [2.45, 2.75) is 288 Å². The van der Waals surface area contributed by atoms with E-state index in [1.165, 1.54) is 10.9 Å². The molecule has 7 amide bonds. The molecule has 24 atom stereocenters. The zero-order valence-corrected chi connectivity index (χ0v) is 74.9. The van der Waals surface area contributed by atoms with E-state index in [0.29, 0.717) is 5.56 Å². The molecule has 6 unspecified atom stereocenters. The maximum Gasteiger partial charge on any atom is 0.305 e. The van der Waals surface area contributed by atoms with Crippen LogP contribution in [0.2, 0.25) is 0 Å². The number of benzene rings is 1. The molecule has 43 heteroatoms. The van der Waals surface area contributed by atoms with Gasteiger partial charge in [0, 0.05) is 99.5 Å². The number of Topliss-reactive ketones (excluding diaryl/α,β-unsaturated/α-hetero) is 6. The molecule has 2 fully saturated rings. The number of carboxylic acids is 3. The second kappa shape index (κ2) is 55.4. The van der Waals surface area contributed by atoms with Crippen molar-refractivity contribution in [3.63, 3.8) is 0 Å². The highest BCUT2D eigenvalue weighted by Gasteiger charge is 2.46. The highest BCUT2D eigenvalue weighted by Crippen LogP contribution is 2.33. The molecule has 2 aliphatic rings. The molecule has 2 saturated heterocycles. The fraction of sp³-hybridized carbons (Fsp3) is 0.714. The Morgan fingerprint density at radius 2 is 1.07 bits per heavy atom. The lowest BCUT2D eigenvalue weighted by Gasteiger charge is -2.39. The minimum Gasteiger partial charge on any atom is -0.481 e. The Hall–Kier alpha value is -8.70. The number of ether oxygens (including phenoxy) is 3. The number of aliphatic hydroxyl groups excluding tert-OH is 8. The van der Waals surface area contributed by atoms with E-state index in [0.717, 1.165) is 28.5 Å². The van der Waals surface area contributed by atoms with Crippen molar-refractivity contribution >= 4 is 116 Å². The number of aromatic nitrogens is 3. The lowest BCUT2D eigenvalue weighted by Crippen LogP contribution is -2.59. The first-order valence-electron chi connectivity index (χ1n) is 42.8. The number of ketones is 6. The van der Waals surface area contributed by atoms with Crippen molar-refractivity contribution in [3.05, 3.63) is 47.8 Å². The number of aliphatic hydroxyl groups is 8. The third-order valence-corrected chi connectivity index (χ3v) is 25.1. The number of carbonyl (C=O) groups is 16. The van der Waals surface area contributed by atoms with E-state index in [4.69, 9.17) is 31.4 Å². The summed E-state index contributed by atoms with van der Waals surface area (Å²) in [5.41, 5.74) is 17.4. The van der Waals surface area contributed by atoms with Gasteiger partial charge >= 0.3 is 17.9 Å². The Balaban J connectivity index is 1.71. The van der Waals surface area contributed by atoms with Crippen LogP contribution >= 0.6 is 21.6 Å². The quantitative estimate of drug-likeness (QED) is 0.0279. The minimum absolute atomic E-state index is 0.0484. The molecule has 0 radical (unpaired) electrons. The van der Waals surface area contributed by atoms with Crippen molar-refractivity contribution in [2.24, 2.45) is 76.4 Å². The molecule has 1 aromatic heterocycles. The van der Waals surface area contributed by atoms with E-state index in [9.17, 15) is 119 Å². The van der Waals surface area contributed by atoms with Gasteiger partial charge in [-0.15, -0.1) is 5.10 Å². The number of hydrogen-bond acceptors (Lipinski definition) is 32. The van der Waals surface area contributed by atoms with Crippen molar-refractivity contribution in [1.29, 1.82) is 0 Å². The maximum atomic E-state index is 15.2. The molecule has 41 nitrogen and oxygen atoms in total. The van der Waals surface area contributed by atoms with Gasteiger partial charge in [-0.3, -0.25) is 81.4 Å². The maximum absolute atomic E-state index is 15.2. The molecule has 2 aliphatic heterocycles. The van der Waals surface area contributed by atoms with Gasteiger partial charge < -0.3 is 114 Å². The second-order valence-electron chi connectivity index (χ2n) is 33.9. The first-order valence-corrected chi connectivity index (χ1v) is 45.3. The number of primary amides is 2. The number of rotatable bonds is 63. The molecule has 1 aromatic carbocycles. The Labute approximate surface area is 744 Å². The zero-order chi connectivity index (χ0) is 95.4. The van der Waals surface area contributed by atoms with E-state index in [1.807, 2.05) is 0 Å². The zero-order valence-electron chi connectivity index (χ0n) is 73.2. The molecule has 127 heavy (non-hydrogen) atoms. The fourth-order valence-corrected chi connectivity index (χ4v) is 16.7. The monoisotopic (exact) mass is 1840 g/mol. The summed E-state index contributed by atoms with van der Waals surface area (Å²) in [6.07, 6.45) is -21.1. The van der Waals surface area contributed by atoms with Crippen LogP contribution in [0, 0.1) is 59.2 Å². The Morgan fingerprint density at radius 1 is 0.535 bits per heavy atom. The molecule has 0 aliphatic carbocycles. The van der Waals surface area contributed by atoms with Crippen molar-refractivity contribution in [3.8, 4) is 0 Å². The average Bonchev–Trinajstić information content (AvgIpc) is 1.80. The Bertz CT molecular complexity index is 3970. The van der Waals surface area contributed by atoms with Crippen LogP contribution in [0.3, 0.4) is 0 Å². The summed E-state index contributed by atoms with van der Waals surface area (Å²) < 4.78 is 18.1. The van der Waals surface area contributed by atoms with Gasteiger partial charge in [-0.25, -0.2) is 0 Å². The van der Waals surface area contributed by atoms with Gasteiger partial charge in [0.1, 0.15) is 54.2 Å². The van der Waals surface area contributed by atoms with Crippen LogP contribution in [0.25, 0.3) is 0 Å². The predicted octanol–water partition coefficient (Wildman–Crippen LogP) is -1.01. The number of aryl methyl sites for hydroxylation is 1. The number of carboxylic acid groups (broad SMARTS) is 3. The third-order valence-electron chi connectivity index (χ3n) is 22.7. The molecule has 2 aromatic rings. The van der Waals surface area contributed by atoms with Crippen LogP contribution in [0.1, 0.15) is 195 Å². The Kier molecular flexibility index (Phi) is 48.2. The van der Waals surface area contributed by atoms with Crippen LogP contribution in [-0.4, -0.2) is 288 Å². The topological polar surface area (TPSA) is 692 Å². The van der Waals surface area contributed by atoms with Crippen LogP contribution in [0.15, 0.2) is 36.5 Å². The molecule has 0 bridgehead atoms. The van der Waals surface area contributed by atoms with Gasteiger partial charge in [0.2, 0.25) is 41.4 Å². The highest BCUT2D eigenvalue weighted by molar-refractivity contribution is 8.76. The largest absolute Gasteiger partial charge is 0.481 e. The van der Waals surface area contributed by atoms with Gasteiger partial charge in [0.05, 0.1) is 99.2 Å². The predicted molar refractivity (Wildman–Crippen MR) is 456 cm³/mol. The van der Waals surface area contributed by atoms with Crippen molar-refractivity contribution in [2.75, 3.05) is 31.3 Å². The summed E-state index contributed by atoms with van der Waals surface area (Å²) in [7, 11) is 2.12. The van der Waals surface area contributed by atoms with Gasteiger partial charge in [0.15, 0.2) is 35.2 Å².